The Labute approximate surface area is 369 Å². The minimum atomic E-state index is -0.430. The Hall–Kier alpha value is -5.84. The smallest absolute Gasteiger partial charge is 0.228 e. The van der Waals surface area contributed by atoms with Crippen molar-refractivity contribution < 1.29 is 28.5 Å². The maximum Gasteiger partial charge on any atom is 0.228 e. The monoisotopic (exact) mass is 876 g/mol. The molecule has 0 aliphatic carbocycles. The predicted octanol–water partition coefficient (Wildman–Crippen LogP) is 7.43. The Morgan fingerprint density at radius 2 is 1.58 bits per heavy atom. The number of thiophene rings is 1. The quantitative estimate of drug-likeness (QED) is 0.0615. The molecule has 2 atom stereocenters. The molecule has 3 aromatic carbocycles. The lowest BCUT2D eigenvalue weighted by Crippen LogP contribution is -2.47. The number of carbonyl (C=O) groups excluding carboxylic acids is 2. The highest BCUT2D eigenvalue weighted by atomic mass is 35.5. The lowest BCUT2D eigenvalue weighted by molar-refractivity contribution is -0.117. The number of hydrogen-bond donors (Lipinski definition) is 4. The summed E-state index contributed by atoms with van der Waals surface area (Å²) in [5.41, 5.74) is 11.8. The second-order valence-electron chi connectivity index (χ2n) is 15.0. The van der Waals surface area contributed by atoms with E-state index in [0.717, 1.165) is 61.4 Å². The van der Waals surface area contributed by atoms with Gasteiger partial charge in [0.25, 0.3) is 0 Å². The van der Waals surface area contributed by atoms with E-state index < -0.39 is 6.04 Å². The Kier molecular flexibility index (Phi) is 13.8. The molecular weight excluding hydrogens is 828 g/mol. The van der Waals surface area contributed by atoms with Crippen LogP contribution in [0.1, 0.15) is 40.5 Å². The van der Waals surface area contributed by atoms with Crippen LogP contribution in [0.15, 0.2) is 95.2 Å². The molecule has 5 aromatic rings. The number of amides is 2. The van der Waals surface area contributed by atoms with Gasteiger partial charge in [-0.1, -0.05) is 35.9 Å². The predicted molar refractivity (Wildman–Crippen MR) is 245 cm³/mol. The lowest BCUT2D eigenvalue weighted by atomic mass is 9.99. The van der Waals surface area contributed by atoms with E-state index in [1.54, 1.807) is 17.5 Å². The Morgan fingerprint density at radius 3 is 2.35 bits per heavy atom. The summed E-state index contributed by atoms with van der Waals surface area (Å²) in [6.45, 7) is 9.91. The lowest BCUT2D eigenvalue weighted by Gasteiger charge is -2.28. The molecule has 0 saturated carbocycles. The van der Waals surface area contributed by atoms with Crippen LogP contribution in [0.4, 0.5) is 22.2 Å². The largest absolute Gasteiger partial charge is 0.491 e. The summed E-state index contributed by atoms with van der Waals surface area (Å²) in [5.74, 6) is 2.12. The topological polar surface area (TPSA) is 160 Å². The third-order valence-electron chi connectivity index (χ3n) is 10.7. The molecule has 0 spiro atoms. The van der Waals surface area contributed by atoms with Crippen LogP contribution in [-0.2, 0) is 30.2 Å². The molecule has 4 N–H and O–H groups in total. The van der Waals surface area contributed by atoms with E-state index in [1.807, 2.05) is 85.8 Å². The highest BCUT2D eigenvalue weighted by molar-refractivity contribution is 7.17. The molecule has 16 heteroatoms. The summed E-state index contributed by atoms with van der Waals surface area (Å²) in [5, 5.41) is 15.5. The molecule has 14 nitrogen and oxygen atoms in total. The first-order valence-electron chi connectivity index (χ1n) is 20.6. The minimum absolute atomic E-state index is 0.0248. The van der Waals surface area contributed by atoms with Crippen molar-refractivity contribution in [1.82, 2.24) is 10.4 Å². The second kappa shape index (κ2) is 19.9. The van der Waals surface area contributed by atoms with Gasteiger partial charge in [0.15, 0.2) is 0 Å². The number of nitrogens with one attached hydrogen (secondary N) is 4. The van der Waals surface area contributed by atoms with Crippen LogP contribution >= 0.6 is 22.9 Å². The molecule has 2 aromatic heterocycles. The normalized spacial score (nSPS) is 16.3. The van der Waals surface area contributed by atoms with Crippen molar-refractivity contribution in [3.8, 4) is 16.9 Å². The zero-order chi connectivity index (χ0) is 43.0. The highest BCUT2D eigenvalue weighted by Gasteiger charge is 2.41. The van der Waals surface area contributed by atoms with Gasteiger partial charge in [0.1, 0.15) is 35.2 Å². The number of hydrogen-bond acceptors (Lipinski definition) is 13. The van der Waals surface area contributed by atoms with E-state index >= 15 is 0 Å². The van der Waals surface area contributed by atoms with Gasteiger partial charge in [-0.15, -0.1) is 11.3 Å². The van der Waals surface area contributed by atoms with Crippen molar-refractivity contribution >= 4 is 68.5 Å². The molecule has 2 amide bonds. The summed E-state index contributed by atoms with van der Waals surface area (Å²) >= 11 is 7.96. The van der Waals surface area contributed by atoms with Gasteiger partial charge in [0.05, 0.1) is 64.2 Å². The van der Waals surface area contributed by atoms with Crippen molar-refractivity contribution in [2.75, 3.05) is 73.6 Å². The van der Waals surface area contributed by atoms with Gasteiger partial charge >= 0.3 is 0 Å². The van der Waals surface area contributed by atoms with Gasteiger partial charge in [-0.2, -0.15) is 5.10 Å². The third-order valence-corrected chi connectivity index (χ3v) is 12.2. The number of amidine groups is 1. The van der Waals surface area contributed by atoms with Crippen molar-refractivity contribution in [1.29, 1.82) is 0 Å². The summed E-state index contributed by atoms with van der Waals surface area (Å²) in [6, 6.07) is 24.5. The number of aromatic nitrogens is 1. The average Bonchev–Trinajstić information content (AvgIpc) is 3.91. The third kappa shape index (κ3) is 10.3. The van der Waals surface area contributed by atoms with Gasteiger partial charge in [-0.3, -0.25) is 24.9 Å². The number of hydrazone groups is 1. The number of anilines is 4. The van der Waals surface area contributed by atoms with Crippen LogP contribution in [0.2, 0.25) is 5.02 Å². The van der Waals surface area contributed by atoms with Crippen molar-refractivity contribution in [3.63, 3.8) is 0 Å². The van der Waals surface area contributed by atoms with Crippen molar-refractivity contribution in [2.45, 2.75) is 45.8 Å². The average molecular weight is 877 g/mol. The van der Waals surface area contributed by atoms with E-state index in [2.05, 4.69) is 50.2 Å². The fourth-order valence-electron chi connectivity index (χ4n) is 7.50. The van der Waals surface area contributed by atoms with Gasteiger partial charge in [0.2, 0.25) is 11.8 Å². The van der Waals surface area contributed by atoms with Gasteiger partial charge in [-0.05, 0) is 97.6 Å². The molecule has 322 valence electrons. The first-order chi connectivity index (χ1) is 30.2. The number of ether oxygens (including phenoxy) is 4. The molecule has 0 fully saturated rings. The molecule has 3 aliphatic rings. The molecule has 0 radical (unpaired) electrons. The summed E-state index contributed by atoms with van der Waals surface area (Å²) in [7, 11) is 0. The van der Waals surface area contributed by atoms with Crippen LogP contribution < -0.4 is 31.0 Å². The standard InChI is InChI=1S/C46H49ClN8O6S/c1-28-29(2)62-46-43(28)44(31-6-8-35(47)9-7-31)52-39(45-54-53-30(3)55(45)46)27-42(57)50-36-10-12-37(13-11-36)61-23-22-60-21-20-59-19-18-58-17-16-49-40-25-33(14-15-48-40)32-4-5-34-26-41(56)51-38(34)24-32/h4-15,24-25,39,45,54H,16-23,26-27H2,1-3H3,(H,48,49)(H,50,57)(H,51,56)/t39-,45?/m0/s1. The minimum Gasteiger partial charge on any atom is -0.491 e. The summed E-state index contributed by atoms with van der Waals surface area (Å²) in [4.78, 5) is 38.3. The van der Waals surface area contributed by atoms with Crippen molar-refractivity contribution in [3.05, 3.63) is 117 Å². The Balaban J connectivity index is 0.708. The van der Waals surface area contributed by atoms with E-state index in [9.17, 15) is 9.59 Å². The van der Waals surface area contributed by atoms with E-state index in [1.165, 1.54) is 4.88 Å². The first-order valence-corrected chi connectivity index (χ1v) is 21.8. The maximum atomic E-state index is 13.5. The van der Waals surface area contributed by atoms with E-state index in [-0.39, 0.29) is 24.4 Å². The molecule has 8 rings (SSSR count). The summed E-state index contributed by atoms with van der Waals surface area (Å²) < 4.78 is 22.8. The zero-order valence-electron chi connectivity index (χ0n) is 34.8. The molecule has 3 aliphatic heterocycles. The number of benzene rings is 3. The number of aryl methyl sites for hydroxylation is 1. The molecule has 62 heavy (non-hydrogen) atoms. The fraction of sp³-hybridized carbons (Fsp3) is 0.326. The molecule has 1 unspecified atom stereocenters. The van der Waals surface area contributed by atoms with Crippen LogP contribution in [-0.4, -0.2) is 93.3 Å². The molecule has 0 bridgehead atoms. The highest BCUT2D eigenvalue weighted by Crippen LogP contribution is 2.42. The van der Waals surface area contributed by atoms with Crippen LogP contribution in [0, 0.1) is 13.8 Å². The second-order valence-corrected chi connectivity index (χ2v) is 16.7. The Bertz CT molecular complexity index is 2460. The summed E-state index contributed by atoms with van der Waals surface area (Å²) in [6.07, 6.45) is 2.02. The fourth-order valence-corrected chi connectivity index (χ4v) is 8.86. The van der Waals surface area contributed by atoms with Gasteiger partial charge < -0.3 is 34.9 Å². The zero-order valence-corrected chi connectivity index (χ0v) is 36.4. The van der Waals surface area contributed by atoms with Crippen LogP contribution in [0.25, 0.3) is 11.1 Å². The molecule has 5 heterocycles. The SMILES string of the molecule is CC1=NNC2[C@H](CC(=O)Nc3ccc(OCCOCCOCCOCCNc4cc(-c5ccc6c(c5)NC(=O)C6)ccn4)cc3)N=C(c3ccc(Cl)cc3)c3c(sc(C)c3C)N12. The number of rotatable bonds is 19. The van der Waals surface area contributed by atoms with Gasteiger partial charge in [0, 0.05) is 45.1 Å². The first kappa shape index (κ1) is 42.8. The van der Waals surface area contributed by atoms with Crippen LogP contribution in [0.5, 0.6) is 5.75 Å². The van der Waals surface area contributed by atoms with Gasteiger partial charge in [-0.25, -0.2) is 4.98 Å². The number of carbonyl (C=O) groups is 2. The van der Waals surface area contributed by atoms with E-state index in [4.69, 9.17) is 35.5 Å². The van der Waals surface area contributed by atoms with Crippen molar-refractivity contribution in [2.24, 2.45) is 10.1 Å². The number of fused-ring (bicyclic) bond motifs is 4. The number of nitrogens with zero attached hydrogens (tertiary/aromatic N) is 4. The van der Waals surface area contributed by atoms with Crippen LogP contribution in [0.3, 0.4) is 0 Å². The maximum absolute atomic E-state index is 13.5. The molecular formula is C46H49ClN8O6S. The Morgan fingerprint density at radius 1 is 0.871 bits per heavy atom. The van der Waals surface area contributed by atoms with E-state index in [0.29, 0.717) is 75.7 Å². The number of pyridine rings is 1. The molecule has 0 saturated heterocycles. The number of aliphatic imine (C=N–C) groups is 1. The number of halogens is 1.